The van der Waals surface area contributed by atoms with E-state index < -0.39 is 0 Å². The van der Waals surface area contributed by atoms with Crippen LogP contribution in [0.15, 0.2) is 43.1 Å². The topological polar surface area (TPSA) is 219 Å². The van der Waals surface area contributed by atoms with Crippen molar-refractivity contribution in [2.45, 2.75) is 83.4 Å². The van der Waals surface area contributed by atoms with Crippen molar-refractivity contribution >= 4 is 11.6 Å². The fourth-order valence-corrected chi connectivity index (χ4v) is 7.83. The Morgan fingerprint density at radius 3 is 1.91 bits per heavy atom. The van der Waals surface area contributed by atoms with Crippen molar-refractivity contribution in [3.63, 3.8) is 0 Å². The summed E-state index contributed by atoms with van der Waals surface area (Å²) in [7, 11) is 1.64. The van der Waals surface area contributed by atoms with E-state index in [1.807, 2.05) is 29.9 Å². The Bertz CT molecular complexity index is 1970. The molecule has 0 spiro atoms. The van der Waals surface area contributed by atoms with E-state index in [0.29, 0.717) is 134 Å². The normalized spacial score (nSPS) is 19.4. The molecule has 0 amide bonds. The molecule has 1 N–H and O–H groups in total. The molecule has 362 valence electrons. The molecule has 1 aliphatic heterocycles. The van der Waals surface area contributed by atoms with Gasteiger partial charge >= 0.3 is 0 Å². The number of tetrazole rings is 1. The summed E-state index contributed by atoms with van der Waals surface area (Å²) in [6, 6.07) is 8.37. The van der Waals surface area contributed by atoms with Gasteiger partial charge in [-0.2, -0.15) is 5.26 Å². The van der Waals surface area contributed by atoms with Crippen LogP contribution in [0.2, 0.25) is 0 Å². The second-order valence-electron chi connectivity index (χ2n) is 16.2. The van der Waals surface area contributed by atoms with E-state index in [4.69, 9.17) is 52.5 Å². The number of aromatic nitrogens is 8. The molecule has 21 heteroatoms. The quantitative estimate of drug-likeness (QED) is 0.0702. The Morgan fingerprint density at radius 2 is 1.35 bits per heavy atom. The molecule has 3 atom stereocenters. The van der Waals surface area contributed by atoms with Crippen LogP contribution in [0.25, 0.3) is 11.1 Å². The molecule has 21 nitrogen and oxygen atoms in total. The minimum atomic E-state index is -0.294. The summed E-state index contributed by atoms with van der Waals surface area (Å²) < 4.78 is 60.2. The molecule has 3 aromatic heterocycles. The van der Waals surface area contributed by atoms with Crippen LogP contribution < -0.4 is 14.8 Å². The highest BCUT2D eigenvalue weighted by Crippen LogP contribution is 2.35. The van der Waals surface area contributed by atoms with Crippen LogP contribution in [0, 0.1) is 11.3 Å². The van der Waals surface area contributed by atoms with Gasteiger partial charge in [-0.05, 0) is 74.6 Å². The summed E-state index contributed by atoms with van der Waals surface area (Å²) in [4.78, 5) is 11.9. The van der Waals surface area contributed by atoms with Gasteiger partial charge < -0.3 is 52.7 Å². The van der Waals surface area contributed by atoms with Crippen molar-refractivity contribution in [2.24, 2.45) is 0 Å². The number of benzene rings is 1. The van der Waals surface area contributed by atoms with Gasteiger partial charge in [0, 0.05) is 44.2 Å². The van der Waals surface area contributed by atoms with E-state index in [0.717, 1.165) is 49.9 Å². The van der Waals surface area contributed by atoms with Gasteiger partial charge in [-0.15, -0.1) is 10.2 Å². The van der Waals surface area contributed by atoms with Crippen molar-refractivity contribution in [3.8, 4) is 28.8 Å². The highest BCUT2D eigenvalue weighted by molar-refractivity contribution is 5.67. The third-order valence-corrected chi connectivity index (χ3v) is 11.0. The number of nitrogens with zero attached hydrogens (tertiary/aromatic N) is 10. The fourth-order valence-electron chi connectivity index (χ4n) is 7.83. The summed E-state index contributed by atoms with van der Waals surface area (Å²) in [5.41, 5.74) is 2.63. The number of hydrogen-bond acceptors (Lipinski definition) is 19. The minimum absolute atomic E-state index is 0.230. The Hall–Kier alpha value is -4.89. The second-order valence-corrected chi connectivity index (χ2v) is 16.2. The predicted molar refractivity (Wildman–Crippen MR) is 241 cm³/mol. The Kier molecular flexibility index (Phi) is 21.7. The van der Waals surface area contributed by atoms with Crippen LogP contribution in [0.3, 0.4) is 0 Å². The third kappa shape index (κ3) is 17.1. The molecule has 2 fully saturated rings. The zero-order valence-corrected chi connectivity index (χ0v) is 38.8. The van der Waals surface area contributed by atoms with E-state index in [1.165, 1.54) is 6.33 Å². The van der Waals surface area contributed by atoms with Gasteiger partial charge in [-0.3, -0.25) is 9.58 Å². The van der Waals surface area contributed by atoms with Crippen molar-refractivity contribution in [1.29, 1.82) is 5.26 Å². The highest BCUT2D eigenvalue weighted by atomic mass is 16.6. The number of ether oxygens (including phenoxy) is 10. The molecule has 1 aromatic carbocycles. The van der Waals surface area contributed by atoms with Crippen molar-refractivity contribution in [2.75, 3.05) is 118 Å². The first-order valence-electron chi connectivity index (χ1n) is 23.0. The van der Waals surface area contributed by atoms with E-state index in [1.54, 1.807) is 30.3 Å². The molecular weight excluding hydrogens is 855 g/mol. The van der Waals surface area contributed by atoms with Gasteiger partial charge in [0.2, 0.25) is 5.95 Å². The van der Waals surface area contributed by atoms with Gasteiger partial charge in [0.15, 0.2) is 0 Å². The van der Waals surface area contributed by atoms with Gasteiger partial charge in [0.05, 0.1) is 122 Å². The SMILES string of the molecule is COCCOCCOCCOCCOCCOCCOCCOc1nn([C@H]2CC[C@H](N3C[C@@H](C)O[C@@H](C)C3)CC2)cc1Nc1ncc(-c2ccc(C#N)c(O[C@@H](C)Cn3cnnn3)c2)cn1. The monoisotopic (exact) mass is 922 g/mol. The highest BCUT2D eigenvalue weighted by Gasteiger charge is 2.32. The lowest BCUT2D eigenvalue weighted by molar-refractivity contribution is -0.0852. The molecule has 1 aliphatic carbocycles. The lowest BCUT2D eigenvalue weighted by Crippen LogP contribution is -2.51. The number of rotatable bonds is 31. The smallest absolute Gasteiger partial charge is 0.257 e. The summed E-state index contributed by atoms with van der Waals surface area (Å²) >= 11 is 0. The summed E-state index contributed by atoms with van der Waals surface area (Å²) in [6.07, 6.45) is 11.3. The molecule has 1 saturated carbocycles. The van der Waals surface area contributed by atoms with Crippen LogP contribution >= 0.6 is 0 Å². The number of nitrogens with one attached hydrogen (secondary N) is 1. The predicted octanol–water partition coefficient (Wildman–Crippen LogP) is 4.13. The molecule has 4 aromatic rings. The Morgan fingerprint density at radius 1 is 0.773 bits per heavy atom. The molecule has 2 aliphatic rings. The van der Waals surface area contributed by atoms with Gasteiger partial charge in [-0.25, -0.2) is 14.6 Å². The van der Waals surface area contributed by atoms with Crippen molar-refractivity contribution in [1.82, 2.24) is 44.9 Å². The standard InChI is InChI=1S/C45H67N11O10/c1-34-29-54(30-35(2)65-34)40-7-9-41(10-8-40)56-32-42(44(51-56)64-24-23-63-22-21-62-20-19-61-18-17-60-16-15-59-14-13-58-12-11-57-4)50-45-47-27-39(28-48-45)37-5-6-38(26-46)43(25-37)66-36(3)31-55-33-49-52-53-55/h5-6,25,27-28,32-36,40-41H,7-24,29-31H2,1-4H3,(H,47,48,50)/t34-,35+,36-,40-,41-/m0/s1. The number of anilines is 2. The molecule has 0 radical (unpaired) electrons. The molecule has 0 bridgehead atoms. The number of nitriles is 1. The molecular formula is C45H67N11O10. The minimum Gasteiger partial charge on any atom is -0.487 e. The lowest BCUT2D eigenvalue weighted by atomic mass is 9.89. The third-order valence-electron chi connectivity index (χ3n) is 11.0. The van der Waals surface area contributed by atoms with Crippen molar-refractivity contribution < 1.29 is 47.4 Å². The van der Waals surface area contributed by atoms with Gasteiger partial charge in [0.25, 0.3) is 5.88 Å². The van der Waals surface area contributed by atoms with E-state index in [2.05, 4.69) is 55.6 Å². The van der Waals surface area contributed by atoms with Crippen LogP contribution in [0.4, 0.5) is 11.6 Å². The summed E-state index contributed by atoms with van der Waals surface area (Å²) in [5.74, 6) is 1.28. The number of hydrogen-bond donors (Lipinski definition) is 1. The van der Waals surface area contributed by atoms with Gasteiger partial charge in [-0.1, -0.05) is 6.07 Å². The number of methoxy groups -OCH3 is 1. The maximum atomic E-state index is 9.76. The Labute approximate surface area is 387 Å². The first kappa shape index (κ1) is 50.5. The van der Waals surface area contributed by atoms with Gasteiger partial charge in [0.1, 0.15) is 36.5 Å². The molecule has 1 saturated heterocycles. The maximum absolute atomic E-state index is 9.76. The lowest BCUT2D eigenvalue weighted by Gasteiger charge is -2.42. The second kappa shape index (κ2) is 28.3. The van der Waals surface area contributed by atoms with E-state index in [9.17, 15) is 5.26 Å². The van der Waals surface area contributed by atoms with Crippen LogP contribution in [0.5, 0.6) is 11.6 Å². The average Bonchev–Trinajstić information content (AvgIpc) is 3.99. The molecule has 0 unspecified atom stereocenters. The Balaban J connectivity index is 0.949. The summed E-state index contributed by atoms with van der Waals surface area (Å²) in [6.45, 7) is 15.2. The zero-order chi connectivity index (χ0) is 46.2. The maximum Gasteiger partial charge on any atom is 0.257 e. The van der Waals surface area contributed by atoms with Crippen LogP contribution in [0.1, 0.15) is 58.1 Å². The van der Waals surface area contributed by atoms with E-state index in [-0.39, 0.29) is 24.4 Å². The first-order chi connectivity index (χ1) is 32.4. The zero-order valence-electron chi connectivity index (χ0n) is 38.8. The first-order valence-corrected chi connectivity index (χ1v) is 23.0. The van der Waals surface area contributed by atoms with Crippen LogP contribution in [-0.2, 0) is 44.4 Å². The largest absolute Gasteiger partial charge is 0.487 e. The molecule has 6 rings (SSSR count). The molecule has 4 heterocycles. The van der Waals surface area contributed by atoms with Crippen molar-refractivity contribution in [3.05, 3.63) is 48.7 Å². The van der Waals surface area contributed by atoms with E-state index >= 15 is 0 Å². The average molecular weight is 922 g/mol. The number of morpholine rings is 1. The fraction of sp³-hybridized carbons (Fsp3) is 0.667. The summed E-state index contributed by atoms with van der Waals surface area (Å²) in [5, 5.41) is 29.3. The van der Waals surface area contributed by atoms with Crippen LogP contribution in [-0.4, -0.2) is 182 Å². The molecule has 66 heavy (non-hydrogen) atoms.